The molecule has 0 amide bonds. The number of hydrogen-bond acceptors (Lipinski definition) is 4. The second-order valence-corrected chi connectivity index (χ2v) is 12.9. The summed E-state index contributed by atoms with van der Waals surface area (Å²) in [5.74, 6) is 0. The largest absolute Gasteiger partial charge is 0.466 e. The highest BCUT2D eigenvalue weighted by Crippen LogP contribution is 2.63. The molecule has 10 heteroatoms. The molecule has 0 heterocycles. The van der Waals surface area contributed by atoms with E-state index in [1.165, 1.54) is 48.5 Å². The van der Waals surface area contributed by atoms with E-state index in [9.17, 15) is 39.6 Å². The zero-order valence-corrected chi connectivity index (χ0v) is 17.0. The highest BCUT2D eigenvalue weighted by atomic mass is 31.2. The summed E-state index contributed by atoms with van der Waals surface area (Å²) in [4.78, 5) is 48.0. The molecule has 0 spiro atoms. The fourth-order valence-corrected chi connectivity index (χ4v) is 8.53. The van der Waals surface area contributed by atoms with Crippen molar-refractivity contribution < 1.29 is 39.6 Å². The van der Waals surface area contributed by atoms with Gasteiger partial charge in [-0.2, -0.15) is 0 Å². The van der Waals surface area contributed by atoms with Crippen LogP contribution in [0, 0.1) is 0 Å². The molecule has 0 bridgehead atoms. The molecule has 0 radical (unpaired) electrons. The van der Waals surface area contributed by atoms with Crippen LogP contribution in [-0.2, 0) is 0 Å². The van der Waals surface area contributed by atoms with E-state index in [1.54, 1.807) is 12.1 Å². The Morgan fingerprint density at radius 3 is 1.07 bits per heavy atom. The molecule has 29 heavy (non-hydrogen) atoms. The molecule has 0 atom stereocenters. The number of rotatable bonds is 10. The van der Waals surface area contributed by atoms with Crippen molar-refractivity contribution in [2.45, 2.75) is 6.42 Å². The van der Waals surface area contributed by atoms with E-state index in [-0.39, 0.29) is 29.4 Å². The van der Waals surface area contributed by atoms with Gasteiger partial charge in [0.05, 0.1) is 12.3 Å². The Labute approximate surface area is 167 Å². The SMILES string of the molecule is O=C(O)[P+](CCC[P+](C(=O)O)(C(=O)O)c1ccccc1)(C(=O)O)c1ccccc1. The van der Waals surface area contributed by atoms with E-state index in [0.29, 0.717) is 0 Å². The van der Waals surface area contributed by atoms with Crippen molar-refractivity contribution in [2.24, 2.45) is 0 Å². The lowest BCUT2D eigenvalue weighted by Gasteiger charge is -2.19. The van der Waals surface area contributed by atoms with Gasteiger partial charge in [0.2, 0.25) is 0 Å². The summed E-state index contributed by atoms with van der Waals surface area (Å²) in [6.07, 6.45) is -0.837. The Morgan fingerprint density at radius 2 is 0.828 bits per heavy atom. The van der Waals surface area contributed by atoms with Crippen molar-refractivity contribution in [3.05, 3.63) is 60.7 Å². The first-order valence-electron chi connectivity index (χ1n) is 8.51. The van der Waals surface area contributed by atoms with E-state index < -0.39 is 37.4 Å². The summed E-state index contributed by atoms with van der Waals surface area (Å²) in [6, 6.07) is 15.1. The second-order valence-electron chi connectivity index (χ2n) is 6.22. The smallest absolute Gasteiger partial charge is 0.451 e. The van der Waals surface area contributed by atoms with Gasteiger partial charge in [-0.05, 0) is 24.3 Å². The lowest BCUT2D eigenvalue weighted by Crippen LogP contribution is -2.30. The van der Waals surface area contributed by atoms with Crippen LogP contribution in [0.1, 0.15) is 6.42 Å². The number of hydrogen-bond donors (Lipinski definition) is 4. The summed E-state index contributed by atoms with van der Waals surface area (Å²) in [7, 11) is -7.53. The van der Waals surface area contributed by atoms with Crippen LogP contribution < -0.4 is 10.6 Å². The third kappa shape index (κ3) is 4.14. The first kappa shape index (κ1) is 22.5. The molecule has 0 fully saturated rings. The molecule has 4 N–H and O–H groups in total. The molecular formula is C19H20O8P2+2. The van der Waals surface area contributed by atoms with Gasteiger partial charge in [0.1, 0.15) is 10.6 Å². The summed E-state index contributed by atoms with van der Waals surface area (Å²) >= 11 is 0. The molecule has 0 aromatic heterocycles. The van der Waals surface area contributed by atoms with Gasteiger partial charge < -0.3 is 20.4 Å². The summed E-state index contributed by atoms with van der Waals surface area (Å²) in [5, 5.41) is 39.3. The first-order valence-corrected chi connectivity index (χ1v) is 12.5. The van der Waals surface area contributed by atoms with Crippen LogP contribution in [0.5, 0.6) is 0 Å². The number of carboxylic acid groups (broad SMARTS) is 4. The van der Waals surface area contributed by atoms with Gasteiger partial charge in [0.25, 0.3) is 14.5 Å². The van der Waals surface area contributed by atoms with E-state index in [2.05, 4.69) is 0 Å². The predicted molar refractivity (Wildman–Crippen MR) is 112 cm³/mol. The van der Waals surface area contributed by atoms with E-state index >= 15 is 0 Å². The average Bonchev–Trinajstić information content (AvgIpc) is 2.68. The molecule has 8 nitrogen and oxygen atoms in total. The summed E-state index contributed by atoms with van der Waals surface area (Å²) < 4.78 is 0. The molecule has 0 aliphatic rings. The van der Waals surface area contributed by atoms with Crippen LogP contribution in [0.4, 0.5) is 19.2 Å². The van der Waals surface area contributed by atoms with Gasteiger partial charge in [-0.15, -0.1) is 0 Å². The maximum Gasteiger partial charge on any atom is 0.466 e. The van der Waals surface area contributed by atoms with E-state index in [0.717, 1.165) is 0 Å². The van der Waals surface area contributed by atoms with Crippen molar-refractivity contribution >= 4 is 48.0 Å². The van der Waals surface area contributed by atoms with Crippen LogP contribution in [0.25, 0.3) is 0 Å². The first-order chi connectivity index (χ1) is 13.7. The molecule has 2 rings (SSSR count). The lowest BCUT2D eigenvalue weighted by atomic mass is 10.4. The molecular weight excluding hydrogens is 418 g/mol. The van der Waals surface area contributed by atoms with Crippen molar-refractivity contribution in [2.75, 3.05) is 12.3 Å². The van der Waals surface area contributed by atoms with Gasteiger partial charge in [0, 0.05) is 6.42 Å². The normalized spacial score (nSPS) is 11.6. The Morgan fingerprint density at radius 1 is 0.552 bits per heavy atom. The van der Waals surface area contributed by atoms with Crippen molar-refractivity contribution in [3.63, 3.8) is 0 Å². The fraction of sp³-hybridized carbons (Fsp3) is 0.158. The minimum absolute atomic E-state index is 0.147. The van der Waals surface area contributed by atoms with Gasteiger partial charge in [-0.25, -0.2) is 19.2 Å². The second kappa shape index (κ2) is 9.12. The van der Waals surface area contributed by atoms with Gasteiger partial charge >= 0.3 is 22.8 Å². The lowest BCUT2D eigenvalue weighted by molar-refractivity contribution is 0.212. The minimum Gasteiger partial charge on any atom is -0.451 e. The summed E-state index contributed by atoms with van der Waals surface area (Å²) in [5.41, 5.74) is -5.92. The van der Waals surface area contributed by atoms with Gasteiger partial charge in [-0.3, -0.25) is 0 Å². The third-order valence-electron chi connectivity index (χ3n) is 4.69. The molecule has 2 aromatic carbocycles. The highest BCUT2D eigenvalue weighted by Gasteiger charge is 2.62. The molecule has 0 saturated carbocycles. The van der Waals surface area contributed by atoms with E-state index in [1.807, 2.05) is 0 Å². The van der Waals surface area contributed by atoms with Crippen molar-refractivity contribution in [1.82, 2.24) is 0 Å². The molecule has 2 aromatic rings. The Bertz CT molecular complexity index is 811. The molecule has 0 unspecified atom stereocenters. The fourth-order valence-electron chi connectivity index (χ4n) is 3.16. The average molecular weight is 438 g/mol. The van der Waals surface area contributed by atoms with Crippen molar-refractivity contribution in [3.8, 4) is 0 Å². The van der Waals surface area contributed by atoms with Crippen LogP contribution in [0.15, 0.2) is 60.7 Å². The Balaban J connectivity index is 2.42. The Kier molecular flexibility index (Phi) is 7.07. The van der Waals surface area contributed by atoms with Gasteiger partial charge in [-0.1, -0.05) is 36.4 Å². The quantitative estimate of drug-likeness (QED) is 0.387. The third-order valence-corrected chi connectivity index (χ3v) is 11.6. The Hall–Kier alpha value is -2.82. The standard InChI is InChI=1S/C19H18O8P2/c20-16(21)28(17(22)23,14-8-3-1-4-9-14)12-7-13-29(18(24)25,19(26)27)15-10-5-2-6-11-15/h1-6,8-11H,7,12-13H2,(H2-2,20,21,22,23,24,25,26,27)/p+2. The monoisotopic (exact) mass is 438 g/mol. The number of carbonyl (C=O) groups is 4. The molecule has 0 saturated heterocycles. The van der Waals surface area contributed by atoms with Crippen LogP contribution in [-0.4, -0.2) is 55.6 Å². The maximum absolute atomic E-state index is 12.0. The molecule has 0 aliphatic heterocycles. The zero-order valence-electron chi connectivity index (χ0n) is 15.2. The van der Waals surface area contributed by atoms with Crippen LogP contribution in [0.2, 0.25) is 0 Å². The molecule has 0 aliphatic carbocycles. The zero-order chi connectivity index (χ0) is 21.7. The molecule has 152 valence electrons. The van der Waals surface area contributed by atoms with Crippen molar-refractivity contribution in [1.29, 1.82) is 0 Å². The topological polar surface area (TPSA) is 149 Å². The minimum atomic E-state index is -3.77. The van der Waals surface area contributed by atoms with Gasteiger partial charge in [0.15, 0.2) is 0 Å². The predicted octanol–water partition coefficient (Wildman–Crippen LogP) is 4.77. The summed E-state index contributed by atoms with van der Waals surface area (Å²) in [6.45, 7) is 0. The highest BCUT2D eigenvalue weighted by molar-refractivity contribution is 8.09. The van der Waals surface area contributed by atoms with Crippen LogP contribution in [0.3, 0.4) is 0 Å². The van der Waals surface area contributed by atoms with E-state index in [4.69, 9.17) is 0 Å². The van der Waals surface area contributed by atoms with Crippen LogP contribution >= 0.6 is 14.5 Å². The number of benzene rings is 2. The maximum atomic E-state index is 12.0.